The number of rotatable bonds is 0. The van der Waals surface area contributed by atoms with E-state index in [-0.39, 0.29) is 0 Å². The lowest BCUT2D eigenvalue weighted by Crippen LogP contribution is -1.37. The first-order valence-electron chi connectivity index (χ1n) is 0.919. The second-order valence-electron chi connectivity index (χ2n) is 0.432. The molecule has 0 aromatic heterocycles. The van der Waals surface area contributed by atoms with Gasteiger partial charge in [-0.15, -0.1) is 12.6 Å². The van der Waals surface area contributed by atoms with E-state index < -0.39 is 5.16 Å². The molecule has 0 amide bonds. The van der Waals surface area contributed by atoms with Gasteiger partial charge in [0, 0.05) is 5.54 Å². The Labute approximate surface area is 40.0 Å². The van der Waals surface area contributed by atoms with Gasteiger partial charge in [-0.2, -0.15) is 4.39 Å². The van der Waals surface area contributed by atoms with Crippen LogP contribution < -0.4 is 0 Å². The standard InChI is InChI=1S/C2H2ClFS/c3-1-2(4)5/h1,5H/b2-1+. The first-order valence-corrected chi connectivity index (χ1v) is 1.80. The molecule has 0 aliphatic carbocycles. The van der Waals surface area contributed by atoms with Crippen LogP contribution in [0.1, 0.15) is 0 Å². The Hall–Kier alpha value is 0.310. The molecule has 0 fully saturated rings. The Morgan fingerprint density at radius 2 is 2.20 bits per heavy atom. The first-order chi connectivity index (χ1) is 2.27. The van der Waals surface area contributed by atoms with Crippen LogP contribution in [0.4, 0.5) is 4.39 Å². The summed E-state index contributed by atoms with van der Waals surface area (Å²) in [5.74, 6) is 0. The molecule has 0 aromatic rings. The minimum Gasteiger partial charge on any atom is -0.199 e. The summed E-state index contributed by atoms with van der Waals surface area (Å²) in [6.07, 6.45) is 0. The van der Waals surface area contributed by atoms with Crippen molar-refractivity contribution in [1.82, 2.24) is 0 Å². The zero-order valence-corrected chi connectivity index (χ0v) is 3.93. The molecular formula is C2H2ClFS. The Morgan fingerprint density at radius 3 is 2.20 bits per heavy atom. The van der Waals surface area contributed by atoms with Gasteiger partial charge in [-0.05, 0) is 0 Å². The summed E-state index contributed by atoms with van der Waals surface area (Å²) in [6, 6.07) is 0. The quantitative estimate of drug-likeness (QED) is 0.455. The first kappa shape index (κ1) is 5.31. The molecule has 0 saturated carbocycles. The average Bonchev–Trinajstić information content (AvgIpc) is 1.38. The van der Waals surface area contributed by atoms with Crippen molar-refractivity contribution in [3.8, 4) is 0 Å². The fraction of sp³-hybridized carbons (Fsp3) is 0. The molecule has 0 saturated heterocycles. The van der Waals surface area contributed by atoms with Gasteiger partial charge in [0.1, 0.15) is 0 Å². The Morgan fingerprint density at radius 1 is 2.00 bits per heavy atom. The van der Waals surface area contributed by atoms with Gasteiger partial charge in [0.05, 0.1) is 0 Å². The van der Waals surface area contributed by atoms with Gasteiger partial charge >= 0.3 is 0 Å². The molecule has 0 spiro atoms. The Kier molecular flexibility index (Phi) is 2.70. The number of hydrogen-bond acceptors (Lipinski definition) is 1. The highest BCUT2D eigenvalue weighted by Crippen LogP contribution is 2.00. The zero-order chi connectivity index (χ0) is 4.28. The average molecular weight is 113 g/mol. The highest BCUT2D eigenvalue weighted by atomic mass is 35.5. The lowest BCUT2D eigenvalue weighted by Gasteiger charge is -1.65. The molecule has 0 nitrogen and oxygen atoms in total. The van der Waals surface area contributed by atoms with Crippen molar-refractivity contribution in [3.05, 3.63) is 10.7 Å². The Balaban J connectivity index is 3.14. The lowest BCUT2D eigenvalue weighted by molar-refractivity contribution is 0.704. The highest BCUT2D eigenvalue weighted by molar-refractivity contribution is 7.84. The molecule has 0 N–H and O–H groups in total. The predicted molar refractivity (Wildman–Crippen MR) is 24.0 cm³/mol. The van der Waals surface area contributed by atoms with Gasteiger partial charge in [-0.1, -0.05) is 11.6 Å². The summed E-state index contributed by atoms with van der Waals surface area (Å²) < 4.78 is 11.0. The van der Waals surface area contributed by atoms with Crippen LogP contribution in [0.3, 0.4) is 0 Å². The highest BCUT2D eigenvalue weighted by Gasteiger charge is 1.70. The van der Waals surface area contributed by atoms with Crippen LogP contribution in [0, 0.1) is 0 Å². The van der Waals surface area contributed by atoms with Crippen molar-refractivity contribution < 1.29 is 4.39 Å². The molecule has 3 heteroatoms. The van der Waals surface area contributed by atoms with Crippen molar-refractivity contribution in [1.29, 1.82) is 0 Å². The van der Waals surface area contributed by atoms with Crippen LogP contribution in [-0.2, 0) is 0 Å². The molecule has 0 aromatic carbocycles. The monoisotopic (exact) mass is 112 g/mol. The fourth-order valence-electron chi connectivity index (χ4n) is 0. The molecule has 0 rings (SSSR count). The smallest absolute Gasteiger partial charge is 0.164 e. The van der Waals surface area contributed by atoms with E-state index in [1.807, 2.05) is 0 Å². The molecule has 0 radical (unpaired) electrons. The number of halogens is 2. The minimum absolute atomic E-state index is 0.660. The van der Waals surface area contributed by atoms with Gasteiger partial charge in [0.2, 0.25) is 0 Å². The molecule has 5 heavy (non-hydrogen) atoms. The van der Waals surface area contributed by atoms with Gasteiger partial charge in [0.15, 0.2) is 5.16 Å². The summed E-state index contributed by atoms with van der Waals surface area (Å²) in [5.41, 5.74) is 0.753. The molecule has 0 aliphatic heterocycles. The van der Waals surface area contributed by atoms with E-state index in [2.05, 4.69) is 12.6 Å². The molecule has 0 bridgehead atoms. The number of thiol groups is 1. The lowest BCUT2D eigenvalue weighted by atomic mass is 11.2. The van der Waals surface area contributed by atoms with E-state index in [1.54, 1.807) is 0 Å². The maximum absolute atomic E-state index is 11.0. The molecule has 0 aliphatic rings. The third-order valence-electron chi connectivity index (χ3n) is 0.0900. The van der Waals surface area contributed by atoms with Crippen LogP contribution in [0.25, 0.3) is 0 Å². The molecule has 0 atom stereocenters. The van der Waals surface area contributed by atoms with Crippen LogP contribution >= 0.6 is 24.2 Å². The summed E-state index contributed by atoms with van der Waals surface area (Å²) in [4.78, 5) is 0. The van der Waals surface area contributed by atoms with E-state index in [1.165, 1.54) is 0 Å². The van der Waals surface area contributed by atoms with E-state index in [9.17, 15) is 4.39 Å². The molecular weight excluding hydrogens is 111 g/mol. The normalized spacial score (nSPS) is 12.2. The summed E-state index contributed by atoms with van der Waals surface area (Å²) >= 11 is 7.88. The van der Waals surface area contributed by atoms with Crippen LogP contribution in [0.5, 0.6) is 0 Å². The SMILES string of the molecule is F/C(S)=C\Cl. The van der Waals surface area contributed by atoms with E-state index >= 15 is 0 Å². The van der Waals surface area contributed by atoms with E-state index in [4.69, 9.17) is 11.6 Å². The maximum atomic E-state index is 11.0. The van der Waals surface area contributed by atoms with Gasteiger partial charge in [0.25, 0.3) is 0 Å². The van der Waals surface area contributed by atoms with Crippen molar-refractivity contribution >= 4 is 24.2 Å². The summed E-state index contributed by atoms with van der Waals surface area (Å²) in [6.45, 7) is 0. The van der Waals surface area contributed by atoms with Gasteiger partial charge in [-0.25, -0.2) is 0 Å². The predicted octanol–water partition coefficient (Wildman–Crippen LogP) is 1.92. The maximum Gasteiger partial charge on any atom is 0.164 e. The second-order valence-corrected chi connectivity index (χ2v) is 1.08. The third kappa shape index (κ3) is 4.31. The fourth-order valence-corrected chi connectivity index (χ4v) is 0. The van der Waals surface area contributed by atoms with Crippen LogP contribution in [-0.4, -0.2) is 0 Å². The van der Waals surface area contributed by atoms with Crippen LogP contribution in [0.2, 0.25) is 0 Å². The second kappa shape index (κ2) is 2.54. The minimum atomic E-state index is -0.660. The molecule has 0 heterocycles. The summed E-state index contributed by atoms with van der Waals surface area (Å²) in [7, 11) is 0. The van der Waals surface area contributed by atoms with Crippen LogP contribution in [0.15, 0.2) is 10.7 Å². The largest absolute Gasteiger partial charge is 0.199 e. The molecule has 0 unspecified atom stereocenters. The van der Waals surface area contributed by atoms with E-state index in [0.29, 0.717) is 0 Å². The van der Waals surface area contributed by atoms with Crippen molar-refractivity contribution in [2.45, 2.75) is 0 Å². The van der Waals surface area contributed by atoms with Crippen molar-refractivity contribution in [2.75, 3.05) is 0 Å². The Bertz CT molecular complexity index is 47.6. The van der Waals surface area contributed by atoms with Crippen molar-refractivity contribution in [3.63, 3.8) is 0 Å². The topological polar surface area (TPSA) is 0 Å². The zero-order valence-electron chi connectivity index (χ0n) is 2.28. The third-order valence-corrected chi connectivity index (χ3v) is 0.563. The molecule has 30 valence electrons. The van der Waals surface area contributed by atoms with Gasteiger partial charge in [-0.3, -0.25) is 0 Å². The van der Waals surface area contributed by atoms with Crippen molar-refractivity contribution in [2.24, 2.45) is 0 Å². The van der Waals surface area contributed by atoms with Gasteiger partial charge < -0.3 is 0 Å². The number of hydrogen-bond donors (Lipinski definition) is 1. The van der Waals surface area contributed by atoms with E-state index in [0.717, 1.165) is 5.54 Å². The summed E-state index contributed by atoms with van der Waals surface area (Å²) in [5, 5.41) is -0.660.